The number of nitrogens with one attached hydrogen (secondary N) is 1. The minimum atomic E-state index is -0.399. The van der Waals surface area contributed by atoms with Gasteiger partial charge in [-0.1, -0.05) is 60.1 Å². The maximum Gasteiger partial charge on any atom is 0.128 e. The van der Waals surface area contributed by atoms with Gasteiger partial charge >= 0.3 is 0 Å². The Balaban J connectivity index is 1.73. The topological polar surface area (TPSA) is 71.2 Å². The molecule has 0 radical (unpaired) electrons. The van der Waals surface area contributed by atoms with Gasteiger partial charge in [0.15, 0.2) is 0 Å². The molecular formula is C25H23ClFN3O. The third-order valence-electron chi connectivity index (χ3n) is 5.42. The van der Waals surface area contributed by atoms with Gasteiger partial charge in [-0.2, -0.15) is 0 Å². The minimum Gasteiger partial charge on any atom is -0.394 e. The molecule has 4 N–H and O–H groups in total. The molecule has 4 nitrogen and oxygen atoms in total. The average molecular weight is 436 g/mol. The van der Waals surface area contributed by atoms with Gasteiger partial charge in [-0.3, -0.25) is 4.98 Å². The highest BCUT2D eigenvalue weighted by atomic mass is 35.5. The minimum absolute atomic E-state index is 0.102. The van der Waals surface area contributed by atoms with E-state index in [9.17, 15) is 9.50 Å². The van der Waals surface area contributed by atoms with Gasteiger partial charge in [-0.25, -0.2) is 4.39 Å². The van der Waals surface area contributed by atoms with Crippen molar-refractivity contribution in [3.8, 4) is 11.1 Å². The van der Waals surface area contributed by atoms with Crippen LogP contribution in [0.5, 0.6) is 0 Å². The predicted molar refractivity (Wildman–Crippen MR) is 125 cm³/mol. The number of benzene rings is 3. The number of aromatic nitrogens is 1. The van der Waals surface area contributed by atoms with E-state index in [1.165, 1.54) is 6.07 Å². The number of nitrogens with two attached hydrogens (primary N) is 1. The quantitative estimate of drug-likeness (QED) is 0.354. The molecule has 0 fully saturated rings. The molecule has 4 rings (SSSR count). The second kappa shape index (κ2) is 9.02. The largest absolute Gasteiger partial charge is 0.394 e. The van der Waals surface area contributed by atoms with Crippen molar-refractivity contribution < 1.29 is 9.50 Å². The molecule has 1 aromatic heterocycles. The van der Waals surface area contributed by atoms with Crippen LogP contribution < -0.4 is 11.1 Å². The van der Waals surface area contributed by atoms with E-state index in [0.29, 0.717) is 16.3 Å². The Hall–Kier alpha value is -2.99. The number of fused-ring (bicyclic) bond motifs is 1. The Morgan fingerprint density at radius 2 is 1.77 bits per heavy atom. The highest BCUT2D eigenvalue weighted by molar-refractivity contribution is 6.34. The monoisotopic (exact) mass is 435 g/mol. The van der Waals surface area contributed by atoms with Crippen LogP contribution in [-0.4, -0.2) is 16.7 Å². The summed E-state index contributed by atoms with van der Waals surface area (Å²) in [6, 6.07) is 19.7. The molecule has 0 aliphatic rings. The Morgan fingerprint density at radius 1 is 1.06 bits per heavy atom. The lowest BCUT2D eigenvalue weighted by atomic mass is 9.99. The van der Waals surface area contributed by atoms with E-state index in [4.69, 9.17) is 17.3 Å². The molecule has 2 atom stereocenters. The molecule has 0 amide bonds. The fourth-order valence-corrected chi connectivity index (χ4v) is 3.85. The molecule has 4 aromatic rings. The molecule has 0 bridgehead atoms. The van der Waals surface area contributed by atoms with Crippen LogP contribution in [0.25, 0.3) is 22.0 Å². The van der Waals surface area contributed by atoms with Gasteiger partial charge in [0, 0.05) is 17.1 Å². The van der Waals surface area contributed by atoms with Gasteiger partial charge in [-0.05, 0) is 41.8 Å². The molecule has 3 aromatic carbocycles. The van der Waals surface area contributed by atoms with Crippen LogP contribution in [-0.2, 0) is 0 Å². The van der Waals surface area contributed by atoms with Crippen LogP contribution in [0.15, 0.2) is 72.9 Å². The second-order valence-corrected chi connectivity index (χ2v) is 7.92. The number of pyridine rings is 1. The summed E-state index contributed by atoms with van der Waals surface area (Å²) in [5.74, 6) is -0.265. The van der Waals surface area contributed by atoms with Crippen LogP contribution in [0.4, 0.5) is 10.1 Å². The molecule has 158 valence electrons. The number of anilines is 1. The van der Waals surface area contributed by atoms with Crippen LogP contribution in [0.3, 0.4) is 0 Å². The highest BCUT2D eigenvalue weighted by Crippen LogP contribution is 2.35. The lowest BCUT2D eigenvalue weighted by Crippen LogP contribution is -2.14. The van der Waals surface area contributed by atoms with Crippen LogP contribution in [0, 0.1) is 5.82 Å². The van der Waals surface area contributed by atoms with E-state index in [1.807, 2.05) is 55.5 Å². The fraction of sp³-hybridized carbons (Fsp3) is 0.160. The third kappa shape index (κ3) is 4.39. The smallest absolute Gasteiger partial charge is 0.128 e. The van der Waals surface area contributed by atoms with E-state index in [2.05, 4.69) is 10.3 Å². The van der Waals surface area contributed by atoms with Gasteiger partial charge in [0.05, 0.1) is 34.9 Å². The lowest BCUT2D eigenvalue weighted by Gasteiger charge is -2.19. The van der Waals surface area contributed by atoms with Gasteiger partial charge < -0.3 is 16.2 Å². The van der Waals surface area contributed by atoms with Crippen molar-refractivity contribution in [2.24, 2.45) is 5.73 Å². The standard InChI is InChI=1S/C25H23ClFN3O/c1-15(19-4-2-3-5-22(19)27)30-25-20-12-18(10-11-24(20)29-13-21(25)26)16-6-8-17(9-7-16)23(28)14-31/h2-13,15,23,31H,14,28H2,1H3,(H,29,30)/t15-,23?/m1/s1. The highest BCUT2D eigenvalue weighted by Gasteiger charge is 2.15. The molecule has 31 heavy (non-hydrogen) atoms. The molecule has 1 heterocycles. The number of rotatable bonds is 6. The summed E-state index contributed by atoms with van der Waals surface area (Å²) in [5.41, 5.74) is 10.8. The summed E-state index contributed by atoms with van der Waals surface area (Å²) >= 11 is 6.49. The number of hydrogen-bond donors (Lipinski definition) is 3. The van der Waals surface area contributed by atoms with E-state index in [0.717, 1.165) is 27.6 Å². The first-order chi connectivity index (χ1) is 15.0. The van der Waals surface area contributed by atoms with Gasteiger partial charge in [0.25, 0.3) is 0 Å². The fourth-order valence-electron chi connectivity index (χ4n) is 3.64. The second-order valence-electron chi connectivity index (χ2n) is 7.51. The Bertz CT molecular complexity index is 1210. The third-order valence-corrected chi connectivity index (χ3v) is 5.71. The number of aliphatic hydroxyl groups excluding tert-OH is 1. The summed E-state index contributed by atoms with van der Waals surface area (Å²) < 4.78 is 14.2. The summed E-state index contributed by atoms with van der Waals surface area (Å²) in [4.78, 5) is 4.43. The van der Waals surface area contributed by atoms with Crippen molar-refractivity contribution in [1.82, 2.24) is 4.98 Å². The van der Waals surface area contributed by atoms with Gasteiger partial charge in [0.2, 0.25) is 0 Å². The SMILES string of the molecule is C[C@@H](Nc1c(Cl)cnc2ccc(-c3ccc(C(N)CO)cc3)cc12)c1ccccc1F. The van der Waals surface area contributed by atoms with Crippen molar-refractivity contribution in [2.45, 2.75) is 19.0 Å². The summed E-state index contributed by atoms with van der Waals surface area (Å²) in [6.45, 7) is 1.79. The van der Waals surface area contributed by atoms with Crippen LogP contribution in [0.1, 0.15) is 30.1 Å². The van der Waals surface area contributed by atoms with Crippen molar-refractivity contribution in [3.05, 3.63) is 94.9 Å². The maximum absolute atomic E-state index is 14.2. The zero-order valence-electron chi connectivity index (χ0n) is 17.0. The first-order valence-corrected chi connectivity index (χ1v) is 10.4. The van der Waals surface area contributed by atoms with Crippen molar-refractivity contribution in [1.29, 1.82) is 0 Å². The van der Waals surface area contributed by atoms with E-state index in [-0.39, 0.29) is 18.5 Å². The first-order valence-electron chi connectivity index (χ1n) is 10.0. The molecule has 0 aliphatic heterocycles. The lowest BCUT2D eigenvalue weighted by molar-refractivity contribution is 0.268. The maximum atomic E-state index is 14.2. The Labute approximate surface area is 185 Å². The van der Waals surface area contributed by atoms with E-state index < -0.39 is 6.04 Å². The molecular weight excluding hydrogens is 413 g/mol. The average Bonchev–Trinajstić information content (AvgIpc) is 2.80. The summed E-state index contributed by atoms with van der Waals surface area (Å²) in [6.07, 6.45) is 1.60. The normalized spacial score (nSPS) is 13.2. The molecule has 1 unspecified atom stereocenters. The van der Waals surface area contributed by atoms with Gasteiger partial charge in [-0.15, -0.1) is 0 Å². The first kappa shape index (κ1) is 21.2. The van der Waals surface area contributed by atoms with Crippen LogP contribution >= 0.6 is 11.6 Å². The summed E-state index contributed by atoms with van der Waals surface area (Å²) in [7, 11) is 0. The van der Waals surface area contributed by atoms with E-state index in [1.54, 1.807) is 18.3 Å². The molecule has 0 spiro atoms. The zero-order chi connectivity index (χ0) is 22.0. The zero-order valence-corrected chi connectivity index (χ0v) is 17.8. The summed E-state index contributed by atoms with van der Waals surface area (Å²) in [5, 5.41) is 13.9. The molecule has 0 saturated heterocycles. The Morgan fingerprint density at radius 3 is 2.48 bits per heavy atom. The molecule has 6 heteroatoms. The number of nitrogens with zero attached hydrogens (tertiary/aromatic N) is 1. The van der Waals surface area contributed by atoms with Crippen molar-refractivity contribution in [3.63, 3.8) is 0 Å². The van der Waals surface area contributed by atoms with Crippen LogP contribution in [0.2, 0.25) is 5.02 Å². The number of hydrogen-bond acceptors (Lipinski definition) is 4. The van der Waals surface area contributed by atoms with Crippen molar-refractivity contribution in [2.75, 3.05) is 11.9 Å². The Kier molecular flexibility index (Phi) is 6.18. The number of halogens is 2. The van der Waals surface area contributed by atoms with Gasteiger partial charge in [0.1, 0.15) is 5.82 Å². The molecule has 0 saturated carbocycles. The van der Waals surface area contributed by atoms with E-state index >= 15 is 0 Å². The van der Waals surface area contributed by atoms with Crippen molar-refractivity contribution >= 4 is 28.2 Å². The molecule has 0 aliphatic carbocycles. The number of aliphatic hydroxyl groups is 1. The predicted octanol–water partition coefficient (Wildman–Crippen LogP) is 5.86.